The third kappa shape index (κ3) is 3.13. The second-order valence-corrected chi connectivity index (χ2v) is 4.43. The molecule has 0 heterocycles. The Kier molecular flexibility index (Phi) is 4.11. The molecule has 0 radical (unpaired) electrons. The van der Waals surface area contributed by atoms with Crippen molar-refractivity contribution in [2.24, 2.45) is 0 Å². The van der Waals surface area contributed by atoms with Gasteiger partial charge in [0.05, 0.1) is 4.92 Å². The van der Waals surface area contributed by atoms with Crippen molar-refractivity contribution in [3.8, 4) is 0 Å². The van der Waals surface area contributed by atoms with E-state index in [1.807, 2.05) is 0 Å². The first kappa shape index (κ1) is 14.8. The minimum absolute atomic E-state index is 0.0100. The Hall–Kier alpha value is -2.57. The van der Waals surface area contributed by atoms with E-state index in [1.165, 1.54) is 12.1 Å². The molecule has 0 amide bonds. The van der Waals surface area contributed by atoms with Gasteiger partial charge in [0.25, 0.3) is 5.69 Å². The molecule has 0 fully saturated rings. The standard InChI is InChI=1S/C14H11F3N2O2/c1-8-12(3-2-4-13(8)19(20)21)18-7-9-5-10(15)14(17)11(16)6-9/h2-6,18H,7H2,1H3. The molecule has 2 rings (SSSR count). The average Bonchev–Trinajstić information content (AvgIpc) is 2.43. The summed E-state index contributed by atoms with van der Waals surface area (Å²) in [5, 5.41) is 13.7. The molecule has 0 unspecified atom stereocenters. The summed E-state index contributed by atoms with van der Waals surface area (Å²) < 4.78 is 39.0. The van der Waals surface area contributed by atoms with Gasteiger partial charge >= 0.3 is 0 Å². The van der Waals surface area contributed by atoms with Crippen LogP contribution in [-0.4, -0.2) is 4.92 Å². The highest BCUT2D eigenvalue weighted by Crippen LogP contribution is 2.25. The summed E-state index contributed by atoms with van der Waals surface area (Å²) in [5.74, 6) is -4.07. The molecule has 0 bridgehead atoms. The van der Waals surface area contributed by atoms with Crippen molar-refractivity contribution in [3.63, 3.8) is 0 Å². The van der Waals surface area contributed by atoms with Crippen molar-refractivity contribution in [2.45, 2.75) is 13.5 Å². The molecule has 2 aromatic rings. The lowest BCUT2D eigenvalue weighted by Crippen LogP contribution is -2.04. The molecule has 0 spiro atoms. The zero-order chi connectivity index (χ0) is 15.6. The Bertz CT molecular complexity index is 682. The van der Waals surface area contributed by atoms with Crippen molar-refractivity contribution < 1.29 is 18.1 Å². The van der Waals surface area contributed by atoms with Crippen molar-refractivity contribution in [3.05, 3.63) is 69.0 Å². The van der Waals surface area contributed by atoms with Crippen LogP contribution in [0.5, 0.6) is 0 Å². The molecular weight excluding hydrogens is 285 g/mol. The largest absolute Gasteiger partial charge is 0.381 e. The maximum absolute atomic E-state index is 13.1. The van der Waals surface area contributed by atoms with E-state index in [-0.39, 0.29) is 17.8 Å². The number of anilines is 1. The monoisotopic (exact) mass is 296 g/mol. The van der Waals surface area contributed by atoms with Gasteiger partial charge in [0, 0.05) is 23.9 Å². The maximum Gasteiger partial charge on any atom is 0.274 e. The molecule has 0 aromatic heterocycles. The predicted octanol–water partition coefficient (Wildman–Crippen LogP) is 3.93. The molecule has 0 aliphatic heterocycles. The lowest BCUT2D eigenvalue weighted by molar-refractivity contribution is -0.385. The van der Waals surface area contributed by atoms with Gasteiger partial charge in [-0.2, -0.15) is 0 Å². The third-order valence-corrected chi connectivity index (χ3v) is 3.03. The summed E-state index contributed by atoms with van der Waals surface area (Å²) in [5.41, 5.74) is 1.01. The van der Waals surface area contributed by atoms with E-state index >= 15 is 0 Å². The van der Waals surface area contributed by atoms with Crippen LogP contribution in [0.4, 0.5) is 24.5 Å². The van der Waals surface area contributed by atoms with Crippen LogP contribution in [0.25, 0.3) is 0 Å². The number of halogens is 3. The Morgan fingerprint density at radius 3 is 2.38 bits per heavy atom. The number of hydrogen-bond acceptors (Lipinski definition) is 3. The topological polar surface area (TPSA) is 55.2 Å². The number of benzene rings is 2. The highest BCUT2D eigenvalue weighted by Gasteiger charge is 2.14. The minimum Gasteiger partial charge on any atom is -0.381 e. The van der Waals surface area contributed by atoms with Crippen molar-refractivity contribution in [2.75, 3.05) is 5.32 Å². The number of rotatable bonds is 4. The fourth-order valence-corrected chi connectivity index (χ4v) is 1.92. The van der Waals surface area contributed by atoms with E-state index in [1.54, 1.807) is 13.0 Å². The molecule has 0 atom stereocenters. The van der Waals surface area contributed by atoms with E-state index in [0.717, 1.165) is 12.1 Å². The predicted molar refractivity (Wildman–Crippen MR) is 71.5 cm³/mol. The summed E-state index contributed by atoms with van der Waals surface area (Å²) in [6, 6.07) is 6.21. The number of nitro groups is 1. The molecule has 4 nitrogen and oxygen atoms in total. The van der Waals surface area contributed by atoms with Crippen LogP contribution in [0.1, 0.15) is 11.1 Å². The minimum atomic E-state index is -1.52. The summed E-state index contributed by atoms with van der Waals surface area (Å²) in [4.78, 5) is 10.3. The van der Waals surface area contributed by atoms with Gasteiger partial charge in [0.2, 0.25) is 0 Å². The molecule has 0 aliphatic carbocycles. The molecule has 21 heavy (non-hydrogen) atoms. The van der Waals surface area contributed by atoms with E-state index in [9.17, 15) is 23.3 Å². The van der Waals surface area contributed by atoms with E-state index in [2.05, 4.69) is 5.32 Å². The number of hydrogen-bond donors (Lipinski definition) is 1. The zero-order valence-electron chi connectivity index (χ0n) is 11.0. The molecular formula is C14H11F3N2O2. The van der Waals surface area contributed by atoms with Gasteiger partial charge in [0.15, 0.2) is 17.5 Å². The molecule has 7 heteroatoms. The van der Waals surface area contributed by atoms with Crippen LogP contribution in [-0.2, 0) is 6.54 Å². The van der Waals surface area contributed by atoms with Crippen LogP contribution in [0.15, 0.2) is 30.3 Å². The van der Waals surface area contributed by atoms with Gasteiger partial charge in [0.1, 0.15) is 0 Å². The van der Waals surface area contributed by atoms with Gasteiger partial charge in [-0.15, -0.1) is 0 Å². The van der Waals surface area contributed by atoms with Gasteiger partial charge in [-0.05, 0) is 30.7 Å². The van der Waals surface area contributed by atoms with Crippen molar-refractivity contribution in [1.29, 1.82) is 0 Å². The van der Waals surface area contributed by atoms with Crippen LogP contribution >= 0.6 is 0 Å². The second kappa shape index (κ2) is 5.82. The maximum atomic E-state index is 13.1. The number of nitro benzene ring substituents is 1. The number of nitrogens with zero attached hydrogens (tertiary/aromatic N) is 1. The van der Waals surface area contributed by atoms with Crippen LogP contribution in [0, 0.1) is 34.5 Å². The van der Waals surface area contributed by atoms with Gasteiger partial charge < -0.3 is 5.32 Å². The van der Waals surface area contributed by atoms with E-state index in [4.69, 9.17) is 0 Å². The van der Waals surface area contributed by atoms with E-state index < -0.39 is 22.4 Å². The highest BCUT2D eigenvalue weighted by atomic mass is 19.2. The zero-order valence-corrected chi connectivity index (χ0v) is 11.0. The van der Waals surface area contributed by atoms with Crippen molar-refractivity contribution >= 4 is 11.4 Å². The van der Waals surface area contributed by atoms with Gasteiger partial charge in [-0.3, -0.25) is 10.1 Å². The quantitative estimate of drug-likeness (QED) is 0.528. The van der Waals surface area contributed by atoms with Crippen LogP contribution in [0.2, 0.25) is 0 Å². The summed E-state index contributed by atoms with van der Waals surface area (Å²) in [6.45, 7) is 1.57. The Morgan fingerprint density at radius 1 is 1.19 bits per heavy atom. The van der Waals surface area contributed by atoms with Crippen LogP contribution < -0.4 is 5.32 Å². The Labute approximate surface area is 118 Å². The fraction of sp³-hybridized carbons (Fsp3) is 0.143. The first-order chi connectivity index (χ1) is 9.90. The third-order valence-electron chi connectivity index (χ3n) is 3.03. The summed E-state index contributed by atoms with van der Waals surface area (Å²) in [6.07, 6.45) is 0. The van der Waals surface area contributed by atoms with Gasteiger partial charge in [-0.1, -0.05) is 6.07 Å². The highest BCUT2D eigenvalue weighted by molar-refractivity contribution is 5.59. The normalized spacial score (nSPS) is 10.5. The smallest absolute Gasteiger partial charge is 0.274 e. The summed E-state index contributed by atoms with van der Waals surface area (Å²) in [7, 11) is 0. The SMILES string of the molecule is Cc1c(NCc2cc(F)c(F)c(F)c2)cccc1[N+](=O)[O-]. The molecule has 0 saturated heterocycles. The lowest BCUT2D eigenvalue weighted by atomic mass is 10.1. The number of nitrogens with one attached hydrogen (secondary N) is 1. The van der Waals surface area contributed by atoms with Gasteiger partial charge in [-0.25, -0.2) is 13.2 Å². The summed E-state index contributed by atoms with van der Waals surface area (Å²) >= 11 is 0. The van der Waals surface area contributed by atoms with Crippen molar-refractivity contribution in [1.82, 2.24) is 0 Å². The lowest BCUT2D eigenvalue weighted by Gasteiger charge is -2.10. The molecule has 0 saturated carbocycles. The first-order valence-corrected chi connectivity index (χ1v) is 6.01. The molecule has 110 valence electrons. The average molecular weight is 296 g/mol. The Morgan fingerprint density at radius 2 is 1.81 bits per heavy atom. The van der Waals surface area contributed by atoms with Crippen LogP contribution in [0.3, 0.4) is 0 Å². The molecule has 2 aromatic carbocycles. The Balaban J connectivity index is 2.21. The van der Waals surface area contributed by atoms with E-state index in [0.29, 0.717) is 11.3 Å². The first-order valence-electron chi connectivity index (χ1n) is 6.01. The molecule has 0 aliphatic rings. The fourth-order valence-electron chi connectivity index (χ4n) is 1.92. The second-order valence-electron chi connectivity index (χ2n) is 4.43. The molecule has 1 N–H and O–H groups in total.